The molecule has 0 fully saturated rings. The normalized spacial score (nSPS) is 15.9. The van der Waals surface area contributed by atoms with Crippen LogP contribution in [0.15, 0.2) is 0 Å². The second-order valence-corrected chi connectivity index (χ2v) is 26.2. The van der Waals surface area contributed by atoms with Crippen molar-refractivity contribution in [2.75, 3.05) is 26.4 Å². The van der Waals surface area contributed by atoms with Crippen LogP contribution in [0.5, 0.6) is 0 Å². The van der Waals surface area contributed by atoms with Crippen LogP contribution in [0.25, 0.3) is 0 Å². The Hall–Kier alpha value is 0.588. The molecule has 170 valence electrons. The Morgan fingerprint density at radius 1 is 0.643 bits per heavy atom. The predicted molar refractivity (Wildman–Crippen MR) is 123 cm³/mol. The van der Waals surface area contributed by atoms with E-state index in [1.807, 2.05) is 0 Å². The van der Waals surface area contributed by atoms with Gasteiger partial charge in [0.15, 0.2) is 22.9 Å². The Balaban J connectivity index is 4.46. The summed E-state index contributed by atoms with van der Waals surface area (Å²) in [6, 6.07) is 0.885. The molecule has 0 amide bonds. The van der Waals surface area contributed by atoms with Crippen molar-refractivity contribution in [3.8, 4) is 0 Å². The zero-order valence-electron chi connectivity index (χ0n) is 19.5. The van der Waals surface area contributed by atoms with E-state index in [-0.39, 0.29) is 6.61 Å². The Kier molecular flexibility index (Phi) is 12.7. The maximum Gasteiger partial charge on any atom is 0.315 e. The van der Waals surface area contributed by atoms with Crippen molar-refractivity contribution in [2.45, 2.75) is 84.1 Å². The minimum Gasteiger partial charge on any atom is -0.437 e. The molecule has 0 saturated heterocycles. The molecule has 0 aromatic heterocycles. The van der Waals surface area contributed by atoms with E-state index in [4.69, 9.17) is 32.0 Å². The molecule has 0 aliphatic carbocycles. The standard InChI is InChI=1S/C17H44O7Si4/c1-25(2,3)22-27(7,8)24-28(9,23-26(4,5)6)15-11-14-20-12-10-13-21-16-17(18)19/h17-19H,10-16H2,1-9H3. The van der Waals surface area contributed by atoms with Crippen molar-refractivity contribution in [2.24, 2.45) is 0 Å². The van der Waals surface area contributed by atoms with Gasteiger partial charge in [-0.15, -0.1) is 0 Å². The molecule has 0 saturated carbocycles. The van der Waals surface area contributed by atoms with Crippen LogP contribution in [0, 0.1) is 0 Å². The van der Waals surface area contributed by atoms with Crippen LogP contribution >= 0.6 is 0 Å². The van der Waals surface area contributed by atoms with Crippen LogP contribution in [0.2, 0.25) is 65.0 Å². The smallest absolute Gasteiger partial charge is 0.315 e. The van der Waals surface area contributed by atoms with Crippen LogP contribution in [0.4, 0.5) is 0 Å². The van der Waals surface area contributed by atoms with Gasteiger partial charge >= 0.3 is 17.1 Å². The molecule has 0 heterocycles. The largest absolute Gasteiger partial charge is 0.437 e. The molecule has 11 heteroatoms. The number of aliphatic hydroxyl groups excluding tert-OH is 1. The lowest BCUT2D eigenvalue weighted by Gasteiger charge is -2.41. The van der Waals surface area contributed by atoms with Gasteiger partial charge in [0.1, 0.15) is 0 Å². The van der Waals surface area contributed by atoms with Gasteiger partial charge in [-0.1, -0.05) is 0 Å². The fraction of sp³-hybridized carbons (Fsp3) is 1.00. The van der Waals surface area contributed by atoms with Crippen LogP contribution < -0.4 is 0 Å². The van der Waals surface area contributed by atoms with Gasteiger partial charge in [0.2, 0.25) is 0 Å². The summed E-state index contributed by atoms with van der Waals surface area (Å²) in [5, 5.41) is 17.4. The van der Waals surface area contributed by atoms with Crippen molar-refractivity contribution in [1.82, 2.24) is 0 Å². The molecule has 0 spiro atoms. The summed E-state index contributed by atoms with van der Waals surface area (Å²) >= 11 is 0. The summed E-state index contributed by atoms with van der Waals surface area (Å²) < 4.78 is 30.4. The van der Waals surface area contributed by atoms with Gasteiger partial charge in [-0.25, -0.2) is 0 Å². The number of rotatable bonds is 16. The molecule has 1 unspecified atom stereocenters. The quantitative estimate of drug-likeness (QED) is 0.202. The van der Waals surface area contributed by atoms with Gasteiger partial charge in [-0.2, -0.15) is 0 Å². The Labute approximate surface area is 176 Å². The molecular formula is C17H44O7Si4. The molecule has 2 N–H and O–H groups in total. The average Bonchev–Trinajstić information content (AvgIpc) is 2.39. The lowest BCUT2D eigenvalue weighted by Crippen LogP contribution is -2.56. The highest BCUT2D eigenvalue weighted by Gasteiger charge is 2.44. The van der Waals surface area contributed by atoms with E-state index < -0.39 is 40.0 Å². The lowest BCUT2D eigenvalue weighted by atomic mass is 10.5. The van der Waals surface area contributed by atoms with Crippen molar-refractivity contribution < 1.29 is 32.0 Å². The van der Waals surface area contributed by atoms with Crippen molar-refractivity contribution in [1.29, 1.82) is 0 Å². The molecule has 1 atom stereocenters. The first kappa shape index (κ1) is 28.6. The maximum absolute atomic E-state index is 8.70. The topological polar surface area (TPSA) is 86.6 Å². The van der Waals surface area contributed by atoms with Gasteiger partial charge in [-0.3, -0.25) is 0 Å². The van der Waals surface area contributed by atoms with Crippen molar-refractivity contribution in [3.05, 3.63) is 0 Å². The van der Waals surface area contributed by atoms with E-state index in [2.05, 4.69) is 58.9 Å². The molecule has 0 radical (unpaired) electrons. The summed E-state index contributed by atoms with van der Waals surface area (Å²) in [5.41, 5.74) is 0. The van der Waals surface area contributed by atoms with E-state index in [1.54, 1.807) is 0 Å². The van der Waals surface area contributed by atoms with Crippen LogP contribution in [-0.4, -0.2) is 76.7 Å². The second kappa shape index (κ2) is 12.4. The zero-order valence-corrected chi connectivity index (χ0v) is 23.5. The minimum atomic E-state index is -2.35. The first-order chi connectivity index (χ1) is 12.5. The highest BCUT2D eigenvalue weighted by Crippen LogP contribution is 2.27. The average molecular weight is 473 g/mol. The number of hydrogen-bond acceptors (Lipinski definition) is 7. The number of ether oxygens (including phenoxy) is 2. The number of hydrogen-bond donors (Lipinski definition) is 2. The zero-order chi connectivity index (χ0) is 22.1. The molecule has 7 nitrogen and oxygen atoms in total. The predicted octanol–water partition coefficient (Wildman–Crippen LogP) is 3.60. The lowest BCUT2D eigenvalue weighted by molar-refractivity contribution is -0.0961. The second-order valence-electron chi connectivity index (χ2n) is 9.69. The maximum atomic E-state index is 8.70. The monoisotopic (exact) mass is 472 g/mol. The molecule has 0 aliphatic rings. The summed E-state index contributed by atoms with van der Waals surface area (Å²) in [5.74, 6) is 0. The van der Waals surface area contributed by atoms with E-state index >= 15 is 0 Å². The third-order valence-electron chi connectivity index (χ3n) is 3.30. The molecule has 0 bridgehead atoms. The Morgan fingerprint density at radius 2 is 1.14 bits per heavy atom. The van der Waals surface area contributed by atoms with Gasteiger partial charge in [0.05, 0.1) is 6.61 Å². The van der Waals surface area contributed by atoms with Gasteiger partial charge in [0, 0.05) is 19.8 Å². The highest BCUT2D eigenvalue weighted by molar-refractivity contribution is 6.89. The Bertz CT molecular complexity index is 425. The summed E-state index contributed by atoms with van der Waals surface area (Å²) in [7, 11) is -8.01. The summed E-state index contributed by atoms with van der Waals surface area (Å²) in [6.07, 6.45) is 0.210. The van der Waals surface area contributed by atoms with E-state index in [0.29, 0.717) is 19.8 Å². The molecule has 0 aliphatic heterocycles. The molecule has 0 rings (SSSR count). The fourth-order valence-corrected chi connectivity index (χ4v) is 21.0. The van der Waals surface area contributed by atoms with Gasteiger partial charge < -0.3 is 32.0 Å². The van der Waals surface area contributed by atoms with E-state index in [1.165, 1.54) is 0 Å². The molecular weight excluding hydrogens is 429 g/mol. The van der Waals surface area contributed by atoms with E-state index in [0.717, 1.165) is 18.9 Å². The van der Waals surface area contributed by atoms with E-state index in [9.17, 15) is 0 Å². The van der Waals surface area contributed by atoms with Crippen LogP contribution in [0.1, 0.15) is 12.8 Å². The van der Waals surface area contributed by atoms with Gasteiger partial charge in [0.25, 0.3) is 0 Å². The first-order valence-electron chi connectivity index (χ1n) is 10.2. The first-order valence-corrected chi connectivity index (χ1v) is 22.3. The Morgan fingerprint density at radius 3 is 1.64 bits per heavy atom. The molecule has 28 heavy (non-hydrogen) atoms. The highest BCUT2D eigenvalue weighted by atomic mass is 28.5. The molecule has 0 aromatic rings. The third-order valence-corrected chi connectivity index (χ3v) is 16.8. The molecule has 0 aromatic carbocycles. The van der Waals surface area contributed by atoms with Gasteiger partial charge in [-0.05, 0) is 77.8 Å². The van der Waals surface area contributed by atoms with Crippen LogP contribution in [-0.2, 0) is 21.8 Å². The van der Waals surface area contributed by atoms with Crippen LogP contribution in [0.3, 0.4) is 0 Å². The fourth-order valence-electron chi connectivity index (χ4n) is 3.10. The minimum absolute atomic E-state index is 0.0610. The third kappa shape index (κ3) is 17.4. The van der Waals surface area contributed by atoms with Crippen molar-refractivity contribution in [3.63, 3.8) is 0 Å². The summed E-state index contributed by atoms with van der Waals surface area (Å²) in [6.45, 7) is 21.3. The van der Waals surface area contributed by atoms with Crippen molar-refractivity contribution >= 4 is 33.8 Å². The summed E-state index contributed by atoms with van der Waals surface area (Å²) in [4.78, 5) is 0. The number of aliphatic hydroxyl groups is 2. The SMILES string of the molecule is C[Si](C)(C)O[Si](C)(C)O[Si](C)(CCCOCCCOCC(O)O)O[Si](C)(C)C.